The first-order valence-corrected chi connectivity index (χ1v) is 6.47. The third-order valence-electron chi connectivity index (χ3n) is 3.60. The second kappa shape index (κ2) is 5.34. The predicted octanol–water partition coefficient (Wildman–Crippen LogP) is 3.85. The van der Waals surface area contributed by atoms with Gasteiger partial charge in [0.05, 0.1) is 18.8 Å². The quantitative estimate of drug-likeness (QED) is 0.843. The molecule has 0 aliphatic carbocycles. The number of hydrazone groups is 1. The third-order valence-corrected chi connectivity index (χ3v) is 3.60. The summed E-state index contributed by atoms with van der Waals surface area (Å²) in [4.78, 5) is 0. The molecule has 0 fully saturated rings. The van der Waals surface area contributed by atoms with Gasteiger partial charge in [-0.15, -0.1) is 0 Å². The summed E-state index contributed by atoms with van der Waals surface area (Å²) in [5.41, 5.74) is -0.0562. The molecule has 0 spiro atoms. The van der Waals surface area contributed by atoms with Crippen LogP contribution in [0.2, 0.25) is 0 Å². The van der Waals surface area contributed by atoms with Crippen LogP contribution in [0.5, 0.6) is 5.75 Å². The van der Waals surface area contributed by atoms with Gasteiger partial charge in [0, 0.05) is 5.92 Å². The molecular weight excluding hydrogens is 269 g/mol. The topological polar surface area (TPSA) is 24.8 Å². The summed E-state index contributed by atoms with van der Waals surface area (Å²) in [6.45, 7) is 3.51. The summed E-state index contributed by atoms with van der Waals surface area (Å²) < 4.78 is 44.0. The molecule has 110 valence electrons. The van der Waals surface area contributed by atoms with Gasteiger partial charge in [-0.25, -0.2) is 0 Å². The van der Waals surface area contributed by atoms with E-state index in [4.69, 9.17) is 4.74 Å². The monoisotopic (exact) mass is 286 g/mol. The molecule has 2 atom stereocenters. The van der Waals surface area contributed by atoms with Gasteiger partial charge in [0.25, 0.3) is 0 Å². The highest BCUT2D eigenvalue weighted by Gasteiger charge is 2.47. The van der Waals surface area contributed by atoms with Gasteiger partial charge in [-0.2, -0.15) is 18.3 Å². The van der Waals surface area contributed by atoms with E-state index in [1.165, 1.54) is 5.01 Å². The van der Waals surface area contributed by atoms with Crippen LogP contribution in [-0.4, -0.2) is 25.0 Å². The summed E-state index contributed by atoms with van der Waals surface area (Å²) in [6.07, 6.45) is -3.97. The van der Waals surface area contributed by atoms with Crippen molar-refractivity contribution in [2.75, 3.05) is 12.1 Å². The minimum atomic E-state index is -4.38. The third kappa shape index (κ3) is 2.59. The molecule has 1 aromatic rings. The molecule has 0 amide bonds. The van der Waals surface area contributed by atoms with Gasteiger partial charge in [-0.1, -0.05) is 6.92 Å². The number of anilines is 1. The van der Waals surface area contributed by atoms with Crippen LogP contribution in [0.25, 0.3) is 0 Å². The van der Waals surface area contributed by atoms with Crippen LogP contribution in [0.1, 0.15) is 20.3 Å². The molecule has 1 heterocycles. The number of alkyl halides is 3. The largest absolute Gasteiger partial charge is 0.497 e. The summed E-state index contributed by atoms with van der Waals surface area (Å²) in [5.74, 6) is 0.0600. The zero-order chi connectivity index (χ0) is 14.9. The standard InChI is InChI=1S/C14H17F3N2O/c1-4-12-9(2)19(18-13(12)14(15,16)17)10-5-7-11(20-3)8-6-10/h5-9,12H,4H2,1-3H3. The number of ether oxygens (including phenoxy) is 1. The van der Waals surface area contributed by atoms with Crippen LogP contribution in [0.15, 0.2) is 29.4 Å². The van der Waals surface area contributed by atoms with Crippen LogP contribution in [0.3, 0.4) is 0 Å². The number of hydrogen-bond donors (Lipinski definition) is 0. The first-order chi connectivity index (χ1) is 9.38. The number of hydrogen-bond acceptors (Lipinski definition) is 3. The highest BCUT2D eigenvalue weighted by Crippen LogP contribution is 2.36. The van der Waals surface area contributed by atoms with E-state index in [9.17, 15) is 13.2 Å². The molecule has 20 heavy (non-hydrogen) atoms. The van der Waals surface area contributed by atoms with Crippen molar-refractivity contribution in [3.63, 3.8) is 0 Å². The predicted molar refractivity (Wildman–Crippen MR) is 72.2 cm³/mol. The van der Waals surface area contributed by atoms with Gasteiger partial charge >= 0.3 is 6.18 Å². The molecule has 0 saturated carbocycles. The Morgan fingerprint density at radius 1 is 1.25 bits per heavy atom. The van der Waals surface area contributed by atoms with Crippen LogP contribution >= 0.6 is 0 Å². The SMILES string of the molecule is CCC1C(C(F)(F)F)=NN(c2ccc(OC)cc2)C1C. The van der Waals surface area contributed by atoms with Crippen molar-refractivity contribution >= 4 is 11.4 Å². The number of halogens is 3. The molecule has 2 unspecified atom stereocenters. The Hall–Kier alpha value is -1.72. The van der Waals surface area contributed by atoms with E-state index >= 15 is 0 Å². The Bertz CT molecular complexity index is 496. The Morgan fingerprint density at radius 3 is 2.25 bits per heavy atom. The van der Waals surface area contributed by atoms with Crippen LogP contribution < -0.4 is 9.75 Å². The Balaban J connectivity index is 2.34. The lowest BCUT2D eigenvalue weighted by Crippen LogP contribution is -2.34. The number of nitrogens with zero attached hydrogens (tertiary/aromatic N) is 2. The van der Waals surface area contributed by atoms with Gasteiger partial charge in [0.2, 0.25) is 0 Å². The number of rotatable bonds is 3. The van der Waals surface area contributed by atoms with Crippen LogP contribution in [-0.2, 0) is 0 Å². The fraction of sp³-hybridized carbons (Fsp3) is 0.500. The highest BCUT2D eigenvalue weighted by molar-refractivity contribution is 5.95. The highest BCUT2D eigenvalue weighted by atomic mass is 19.4. The van der Waals surface area contributed by atoms with Crippen molar-refractivity contribution in [2.24, 2.45) is 11.0 Å². The fourth-order valence-corrected chi connectivity index (χ4v) is 2.51. The maximum atomic E-state index is 13.0. The van der Waals surface area contributed by atoms with E-state index in [0.29, 0.717) is 17.9 Å². The molecule has 2 rings (SSSR count). The molecule has 0 aromatic heterocycles. The van der Waals surface area contributed by atoms with Gasteiger partial charge in [-0.05, 0) is 37.6 Å². The fourth-order valence-electron chi connectivity index (χ4n) is 2.51. The van der Waals surface area contributed by atoms with Gasteiger partial charge in [0.15, 0.2) is 0 Å². The average Bonchev–Trinajstić information content (AvgIpc) is 2.76. The summed E-state index contributed by atoms with van der Waals surface area (Å²) in [6, 6.07) is 6.54. The Labute approximate surface area is 116 Å². The van der Waals surface area contributed by atoms with Crippen molar-refractivity contribution in [3.8, 4) is 5.75 Å². The van der Waals surface area contributed by atoms with E-state index in [2.05, 4.69) is 5.10 Å². The van der Waals surface area contributed by atoms with Crippen molar-refractivity contribution in [1.29, 1.82) is 0 Å². The minimum Gasteiger partial charge on any atom is -0.497 e. The Morgan fingerprint density at radius 2 is 1.85 bits per heavy atom. The summed E-state index contributed by atoms with van der Waals surface area (Å²) >= 11 is 0. The number of methoxy groups -OCH3 is 1. The zero-order valence-corrected chi connectivity index (χ0v) is 11.6. The molecule has 1 aromatic carbocycles. The smallest absolute Gasteiger partial charge is 0.431 e. The molecule has 0 bridgehead atoms. The lowest BCUT2D eigenvalue weighted by atomic mass is 9.93. The molecule has 0 saturated heterocycles. The van der Waals surface area contributed by atoms with Crippen molar-refractivity contribution in [3.05, 3.63) is 24.3 Å². The van der Waals surface area contributed by atoms with Gasteiger partial charge in [-0.3, -0.25) is 5.01 Å². The summed E-state index contributed by atoms with van der Waals surface area (Å²) in [5, 5.41) is 5.24. The second-order valence-corrected chi connectivity index (χ2v) is 4.78. The maximum absolute atomic E-state index is 13.0. The van der Waals surface area contributed by atoms with Gasteiger partial charge < -0.3 is 4.74 Å². The van der Waals surface area contributed by atoms with E-state index in [1.807, 2.05) is 0 Å². The first kappa shape index (κ1) is 14.7. The molecule has 1 aliphatic heterocycles. The molecule has 6 heteroatoms. The minimum absolute atomic E-state index is 0.315. The molecular formula is C14H17F3N2O. The van der Waals surface area contributed by atoms with Crippen molar-refractivity contribution < 1.29 is 17.9 Å². The lowest BCUT2D eigenvalue weighted by molar-refractivity contribution is -0.0624. The lowest BCUT2D eigenvalue weighted by Gasteiger charge is -2.24. The number of benzene rings is 1. The van der Waals surface area contributed by atoms with Gasteiger partial charge in [0.1, 0.15) is 11.5 Å². The van der Waals surface area contributed by atoms with E-state index < -0.39 is 17.8 Å². The molecule has 0 radical (unpaired) electrons. The second-order valence-electron chi connectivity index (χ2n) is 4.78. The first-order valence-electron chi connectivity index (χ1n) is 6.47. The van der Waals surface area contributed by atoms with Crippen LogP contribution in [0.4, 0.5) is 18.9 Å². The normalized spacial score (nSPS) is 22.9. The van der Waals surface area contributed by atoms with Crippen molar-refractivity contribution in [2.45, 2.75) is 32.5 Å². The van der Waals surface area contributed by atoms with Crippen molar-refractivity contribution in [1.82, 2.24) is 0 Å². The van der Waals surface area contributed by atoms with E-state index in [0.717, 1.165) is 0 Å². The zero-order valence-electron chi connectivity index (χ0n) is 11.6. The maximum Gasteiger partial charge on any atom is 0.431 e. The molecule has 1 aliphatic rings. The van der Waals surface area contributed by atoms with E-state index in [1.54, 1.807) is 45.2 Å². The van der Waals surface area contributed by atoms with Crippen LogP contribution in [0, 0.1) is 5.92 Å². The Kier molecular flexibility index (Phi) is 3.92. The average molecular weight is 286 g/mol. The molecule has 0 N–H and O–H groups in total. The summed E-state index contributed by atoms with van der Waals surface area (Å²) in [7, 11) is 1.54. The molecule has 3 nitrogen and oxygen atoms in total. The van der Waals surface area contributed by atoms with E-state index in [-0.39, 0.29) is 6.04 Å².